The standard InChI is InChI=1S/C19H22N4O4S/c24-28(25,12-16-15-5-1-2-6-17(15)26-21-16)23-9-3-4-13(11-23)10-18-20-19(22-27-18)14-7-8-14/h1-2,5-6,13-14H,3-4,7-12H2. The van der Waals surface area contributed by atoms with Crippen LogP contribution in [0.1, 0.15) is 49.0 Å². The van der Waals surface area contributed by atoms with E-state index in [1.807, 2.05) is 18.2 Å². The number of aromatic nitrogens is 3. The smallest absolute Gasteiger partial charge is 0.226 e. The maximum absolute atomic E-state index is 13.0. The van der Waals surface area contributed by atoms with Gasteiger partial charge < -0.3 is 9.05 Å². The number of nitrogens with zero attached hydrogens (tertiary/aromatic N) is 4. The quantitative estimate of drug-likeness (QED) is 0.624. The summed E-state index contributed by atoms with van der Waals surface area (Å²) in [4.78, 5) is 4.48. The lowest BCUT2D eigenvalue weighted by atomic mass is 9.96. The molecule has 0 radical (unpaired) electrons. The van der Waals surface area contributed by atoms with Crippen LogP contribution in [0.15, 0.2) is 33.3 Å². The first kappa shape index (κ1) is 17.8. The van der Waals surface area contributed by atoms with Crippen molar-refractivity contribution in [1.82, 2.24) is 19.6 Å². The predicted molar refractivity (Wildman–Crippen MR) is 101 cm³/mol. The van der Waals surface area contributed by atoms with Gasteiger partial charge >= 0.3 is 0 Å². The first-order chi connectivity index (χ1) is 13.6. The zero-order valence-electron chi connectivity index (χ0n) is 15.5. The fourth-order valence-electron chi connectivity index (χ4n) is 3.86. The zero-order valence-corrected chi connectivity index (χ0v) is 16.3. The van der Waals surface area contributed by atoms with E-state index in [1.54, 1.807) is 10.4 Å². The first-order valence-corrected chi connectivity index (χ1v) is 11.3. The number of rotatable bonds is 6. The van der Waals surface area contributed by atoms with Crippen molar-refractivity contribution >= 4 is 21.0 Å². The van der Waals surface area contributed by atoms with Crippen LogP contribution in [0.4, 0.5) is 0 Å². The van der Waals surface area contributed by atoms with Gasteiger partial charge in [-0.15, -0.1) is 0 Å². The second-order valence-electron chi connectivity index (χ2n) is 7.77. The summed E-state index contributed by atoms with van der Waals surface area (Å²) in [5, 5.41) is 8.78. The van der Waals surface area contributed by atoms with Gasteiger partial charge in [0.2, 0.25) is 15.9 Å². The summed E-state index contributed by atoms with van der Waals surface area (Å²) in [6.45, 7) is 1.00. The topological polar surface area (TPSA) is 102 Å². The third-order valence-corrected chi connectivity index (χ3v) is 7.29. The third-order valence-electron chi connectivity index (χ3n) is 5.54. The van der Waals surface area contributed by atoms with Crippen molar-refractivity contribution in [2.24, 2.45) is 5.92 Å². The van der Waals surface area contributed by atoms with Gasteiger partial charge in [0.15, 0.2) is 11.4 Å². The second-order valence-corrected chi connectivity index (χ2v) is 9.74. The van der Waals surface area contributed by atoms with E-state index in [9.17, 15) is 8.42 Å². The van der Waals surface area contributed by atoms with Crippen LogP contribution in [0.25, 0.3) is 11.0 Å². The minimum absolute atomic E-state index is 0.150. The molecule has 5 rings (SSSR count). The summed E-state index contributed by atoms with van der Waals surface area (Å²) in [5.41, 5.74) is 1.07. The lowest BCUT2D eigenvalue weighted by Crippen LogP contribution is -2.41. The first-order valence-electron chi connectivity index (χ1n) is 9.72. The van der Waals surface area contributed by atoms with Gasteiger partial charge in [0.1, 0.15) is 11.4 Å². The monoisotopic (exact) mass is 402 g/mol. The van der Waals surface area contributed by atoms with E-state index >= 15 is 0 Å². The Labute approximate surface area is 162 Å². The number of fused-ring (bicyclic) bond motifs is 1. The molecule has 0 N–H and O–H groups in total. The summed E-state index contributed by atoms with van der Waals surface area (Å²) >= 11 is 0. The summed E-state index contributed by atoms with van der Waals surface area (Å²) in [6, 6.07) is 7.32. The van der Waals surface area contributed by atoms with E-state index in [0.29, 0.717) is 42.6 Å². The average molecular weight is 402 g/mol. The molecule has 2 fully saturated rings. The molecule has 3 aromatic rings. The molecule has 0 amide bonds. The van der Waals surface area contributed by atoms with Gasteiger partial charge in [-0.2, -0.15) is 4.98 Å². The van der Waals surface area contributed by atoms with Crippen molar-refractivity contribution in [2.45, 2.75) is 43.8 Å². The maximum Gasteiger partial charge on any atom is 0.226 e. The maximum atomic E-state index is 13.0. The molecule has 148 valence electrons. The number of piperidine rings is 1. The molecule has 8 nitrogen and oxygen atoms in total. The Hall–Kier alpha value is -2.26. The Bertz CT molecular complexity index is 1090. The number of sulfonamides is 1. The molecule has 1 atom stereocenters. The minimum Gasteiger partial charge on any atom is -0.356 e. The Morgan fingerprint density at radius 2 is 1.96 bits per heavy atom. The molecule has 1 unspecified atom stereocenters. The fourth-order valence-corrected chi connectivity index (χ4v) is 5.44. The third kappa shape index (κ3) is 3.56. The number of hydrogen-bond donors (Lipinski definition) is 0. The molecule has 9 heteroatoms. The molecular formula is C19H22N4O4S. The van der Waals surface area contributed by atoms with Crippen LogP contribution in [-0.2, 0) is 22.2 Å². The van der Waals surface area contributed by atoms with Gasteiger partial charge in [-0.1, -0.05) is 22.4 Å². The van der Waals surface area contributed by atoms with Crippen molar-refractivity contribution in [3.8, 4) is 0 Å². The molecule has 1 aliphatic heterocycles. The average Bonchev–Trinajstić information content (AvgIpc) is 3.32. The molecular weight excluding hydrogens is 380 g/mol. The van der Waals surface area contributed by atoms with Crippen LogP contribution < -0.4 is 0 Å². The van der Waals surface area contributed by atoms with Crippen LogP contribution in [-0.4, -0.2) is 41.1 Å². The highest BCUT2D eigenvalue weighted by atomic mass is 32.2. The van der Waals surface area contributed by atoms with E-state index in [-0.39, 0.29) is 11.7 Å². The van der Waals surface area contributed by atoms with Gasteiger partial charge in [-0.25, -0.2) is 12.7 Å². The normalized spacial score (nSPS) is 21.4. The highest BCUT2D eigenvalue weighted by Gasteiger charge is 2.32. The summed E-state index contributed by atoms with van der Waals surface area (Å²) in [6.07, 6.45) is 4.67. The summed E-state index contributed by atoms with van der Waals surface area (Å²) in [5.74, 6) is 1.91. The largest absolute Gasteiger partial charge is 0.356 e. The van der Waals surface area contributed by atoms with Crippen molar-refractivity contribution in [3.63, 3.8) is 0 Å². The number of benzene rings is 1. The molecule has 2 aliphatic rings. The van der Waals surface area contributed by atoms with E-state index in [2.05, 4.69) is 15.3 Å². The van der Waals surface area contributed by atoms with Crippen molar-refractivity contribution in [3.05, 3.63) is 41.7 Å². The van der Waals surface area contributed by atoms with Gasteiger partial charge in [0.05, 0.1) is 0 Å². The van der Waals surface area contributed by atoms with Gasteiger partial charge in [-0.05, 0) is 43.7 Å². The van der Waals surface area contributed by atoms with E-state index in [0.717, 1.165) is 36.9 Å². The summed E-state index contributed by atoms with van der Waals surface area (Å²) in [7, 11) is -3.48. The molecule has 28 heavy (non-hydrogen) atoms. The fraction of sp³-hybridized carbons (Fsp3) is 0.526. The lowest BCUT2D eigenvalue weighted by molar-refractivity contribution is 0.246. The Morgan fingerprint density at radius 3 is 2.82 bits per heavy atom. The molecule has 1 aliphatic carbocycles. The molecule has 0 bridgehead atoms. The molecule has 3 heterocycles. The van der Waals surface area contributed by atoms with Crippen molar-refractivity contribution in [2.75, 3.05) is 13.1 Å². The SMILES string of the molecule is O=S(=O)(Cc1noc2ccccc12)N1CCCC(Cc2nc(C3CC3)no2)C1. The van der Waals surface area contributed by atoms with Crippen molar-refractivity contribution < 1.29 is 17.5 Å². The van der Waals surface area contributed by atoms with Gasteiger partial charge in [0, 0.05) is 30.8 Å². The van der Waals surface area contributed by atoms with Crippen molar-refractivity contribution in [1.29, 1.82) is 0 Å². The van der Waals surface area contributed by atoms with E-state index < -0.39 is 10.0 Å². The summed E-state index contributed by atoms with van der Waals surface area (Å²) < 4.78 is 38.2. The van der Waals surface area contributed by atoms with Crippen LogP contribution in [0.3, 0.4) is 0 Å². The predicted octanol–water partition coefficient (Wildman–Crippen LogP) is 2.87. The van der Waals surface area contributed by atoms with Crippen LogP contribution in [0, 0.1) is 5.92 Å². The Morgan fingerprint density at radius 1 is 1.11 bits per heavy atom. The highest BCUT2D eigenvalue weighted by molar-refractivity contribution is 7.88. The van der Waals surface area contributed by atoms with Gasteiger partial charge in [-0.3, -0.25) is 0 Å². The highest BCUT2D eigenvalue weighted by Crippen LogP contribution is 2.38. The zero-order chi connectivity index (χ0) is 19.1. The molecule has 0 spiro atoms. The molecule has 1 saturated carbocycles. The van der Waals surface area contributed by atoms with E-state index in [1.165, 1.54) is 0 Å². The van der Waals surface area contributed by atoms with Crippen LogP contribution in [0.5, 0.6) is 0 Å². The lowest BCUT2D eigenvalue weighted by Gasteiger charge is -2.31. The van der Waals surface area contributed by atoms with E-state index in [4.69, 9.17) is 9.05 Å². The number of hydrogen-bond acceptors (Lipinski definition) is 7. The van der Waals surface area contributed by atoms with Crippen LogP contribution >= 0.6 is 0 Å². The molecule has 2 aromatic heterocycles. The molecule has 1 aromatic carbocycles. The van der Waals surface area contributed by atoms with Gasteiger partial charge in [0.25, 0.3) is 0 Å². The van der Waals surface area contributed by atoms with Crippen LogP contribution in [0.2, 0.25) is 0 Å². The number of para-hydroxylation sites is 1. The Kier molecular flexibility index (Phi) is 4.43. The second kappa shape index (κ2) is 6.97. The minimum atomic E-state index is -3.48. The molecule has 1 saturated heterocycles. The Balaban J connectivity index is 1.27.